The van der Waals surface area contributed by atoms with Crippen LogP contribution in [-0.2, 0) is 17.1 Å². The molecule has 2 aromatic carbocycles. The molecule has 1 aromatic heterocycles. The van der Waals surface area contributed by atoms with Crippen molar-refractivity contribution in [2.45, 2.75) is 37.1 Å². The summed E-state index contributed by atoms with van der Waals surface area (Å²) in [5.74, 6) is 0.421. The summed E-state index contributed by atoms with van der Waals surface area (Å²) in [5, 5.41) is 3.09. The maximum absolute atomic E-state index is 13.3. The van der Waals surface area contributed by atoms with Gasteiger partial charge in [0.1, 0.15) is 16.3 Å². The van der Waals surface area contributed by atoms with E-state index in [0.29, 0.717) is 25.4 Å². The number of aromatic nitrogens is 1. The van der Waals surface area contributed by atoms with Gasteiger partial charge >= 0.3 is 0 Å². The second-order valence-electron chi connectivity index (χ2n) is 8.46. The van der Waals surface area contributed by atoms with Crippen molar-refractivity contribution in [2.75, 3.05) is 19.7 Å². The van der Waals surface area contributed by atoms with Gasteiger partial charge in [-0.1, -0.05) is 48.9 Å². The Morgan fingerprint density at radius 3 is 2.29 bits per heavy atom. The van der Waals surface area contributed by atoms with Gasteiger partial charge in [0.15, 0.2) is 0 Å². The third-order valence-corrected chi connectivity index (χ3v) is 7.96. The smallest absolute Gasteiger partial charge is 0.268 e. The van der Waals surface area contributed by atoms with Crippen LogP contribution in [0.2, 0.25) is 0 Å². The van der Waals surface area contributed by atoms with Crippen molar-refractivity contribution in [3.05, 3.63) is 83.7 Å². The highest BCUT2D eigenvalue weighted by Gasteiger charge is 2.29. The van der Waals surface area contributed by atoms with E-state index in [0.717, 1.165) is 36.1 Å². The number of hydrogen-bond acceptors (Lipinski definition) is 4. The van der Waals surface area contributed by atoms with Crippen LogP contribution in [0.15, 0.2) is 71.8 Å². The number of nitrogens with zero attached hydrogens (tertiary/aromatic N) is 2. The Morgan fingerprint density at radius 2 is 1.65 bits per heavy atom. The minimum Gasteiger partial charge on any atom is -0.494 e. The van der Waals surface area contributed by atoms with Crippen LogP contribution < -0.4 is 10.1 Å². The number of nitrogens with one attached hydrogen (secondary N) is 1. The quantitative estimate of drug-likeness (QED) is 0.525. The fourth-order valence-corrected chi connectivity index (χ4v) is 5.88. The Labute approximate surface area is 201 Å². The molecule has 1 amide bonds. The third-order valence-electron chi connectivity index (χ3n) is 6.10. The number of rotatable bonds is 8. The molecule has 1 atom stereocenters. The Morgan fingerprint density at radius 1 is 1.00 bits per heavy atom. The number of sulfonamides is 1. The van der Waals surface area contributed by atoms with Gasteiger partial charge in [-0.25, -0.2) is 8.42 Å². The van der Waals surface area contributed by atoms with Gasteiger partial charge in [0.2, 0.25) is 10.0 Å². The molecule has 34 heavy (non-hydrogen) atoms. The van der Waals surface area contributed by atoms with Gasteiger partial charge in [0, 0.05) is 26.3 Å². The SMILES string of the molecule is CCOc1ccc(C(NC(=O)c2cc(S(=O)(=O)N3CCCCC3)cn2C)c2ccccc2)cc1. The average Bonchev–Trinajstić information content (AvgIpc) is 3.27. The van der Waals surface area contributed by atoms with Gasteiger partial charge in [0.25, 0.3) is 5.91 Å². The highest BCUT2D eigenvalue weighted by molar-refractivity contribution is 7.89. The zero-order valence-electron chi connectivity index (χ0n) is 19.6. The lowest BCUT2D eigenvalue weighted by Crippen LogP contribution is -2.35. The summed E-state index contributed by atoms with van der Waals surface area (Å²) >= 11 is 0. The topological polar surface area (TPSA) is 80.6 Å². The molecule has 0 bridgehead atoms. The van der Waals surface area contributed by atoms with E-state index < -0.39 is 16.1 Å². The molecule has 1 aliphatic heterocycles. The van der Waals surface area contributed by atoms with Crippen molar-refractivity contribution in [1.82, 2.24) is 14.2 Å². The number of amides is 1. The lowest BCUT2D eigenvalue weighted by atomic mass is 9.98. The number of hydrogen-bond donors (Lipinski definition) is 1. The van der Waals surface area contributed by atoms with E-state index in [2.05, 4.69) is 5.32 Å². The van der Waals surface area contributed by atoms with Crippen molar-refractivity contribution in [1.29, 1.82) is 0 Å². The van der Waals surface area contributed by atoms with Gasteiger partial charge < -0.3 is 14.6 Å². The zero-order valence-corrected chi connectivity index (χ0v) is 20.4. The van der Waals surface area contributed by atoms with Gasteiger partial charge in [-0.15, -0.1) is 0 Å². The largest absolute Gasteiger partial charge is 0.494 e. The summed E-state index contributed by atoms with van der Waals surface area (Å²) in [4.78, 5) is 13.5. The van der Waals surface area contributed by atoms with Crippen molar-refractivity contribution in [3.63, 3.8) is 0 Å². The van der Waals surface area contributed by atoms with Crippen LogP contribution in [-0.4, -0.2) is 42.9 Å². The zero-order chi connectivity index (χ0) is 24.1. The standard InChI is InChI=1S/C26H31N3O4S/c1-3-33-22-14-12-21(13-15-22)25(20-10-6-4-7-11-20)27-26(30)24-18-23(19-28(24)2)34(31,32)29-16-8-5-9-17-29/h4,6-7,10-15,18-19,25H,3,5,8-9,16-17H2,1-2H3,(H,27,30). The van der Waals surface area contributed by atoms with Crippen molar-refractivity contribution in [2.24, 2.45) is 7.05 Å². The number of benzene rings is 2. The molecule has 0 aliphatic carbocycles. The van der Waals surface area contributed by atoms with Crippen LogP contribution in [0.5, 0.6) is 5.75 Å². The van der Waals surface area contributed by atoms with Gasteiger partial charge in [-0.2, -0.15) is 4.31 Å². The predicted octanol–water partition coefficient (Wildman–Crippen LogP) is 4.12. The molecule has 1 saturated heterocycles. The number of ether oxygens (including phenoxy) is 1. The summed E-state index contributed by atoms with van der Waals surface area (Å²) in [5.41, 5.74) is 2.12. The molecule has 4 rings (SSSR count). The van der Waals surface area contributed by atoms with Crippen LogP contribution in [0.3, 0.4) is 0 Å². The molecule has 180 valence electrons. The molecule has 1 unspecified atom stereocenters. The molecule has 1 aliphatic rings. The van der Waals surface area contributed by atoms with E-state index in [1.807, 2.05) is 61.5 Å². The molecule has 2 heterocycles. The Bertz CT molecular complexity index is 1210. The molecular formula is C26H31N3O4S. The molecule has 0 spiro atoms. The van der Waals surface area contributed by atoms with Crippen LogP contribution in [0, 0.1) is 0 Å². The average molecular weight is 482 g/mol. The molecule has 1 N–H and O–H groups in total. The number of carbonyl (C=O) groups is 1. The van der Waals surface area contributed by atoms with E-state index in [9.17, 15) is 13.2 Å². The molecule has 3 aromatic rings. The number of carbonyl (C=O) groups excluding carboxylic acids is 1. The van der Waals surface area contributed by atoms with E-state index in [-0.39, 0.29) is 10.8 Å². The Kier molecular flexibility index (Phi) is 7.38. The van der Waals surface area contributed by atoms with E-state index in [1.165, 1.54) is 16.6 Å². The first-order valence-corrected chi connectivity index (χ1v) is 13.1. The summed E-state index contributed by atoms with van der Waals surface area (Å²) in [6, 6.07) is 18.4. The minimum absolute atomic E-state index is 0.152. The molecule has 0 radical (unpaired) electrons. The highest BCUT2D eigenvalue weighted by atomic mass is 32.2. The summed E-state index contributed by atoms with van der Waals surface area (Å²) in [6.45, 7) is 3.55. The van der Waals surface area contributed by atoms with E-state index >= 15 is 0 Å². The van der Waals surface area contributed by atoms with Crippen LogP contribution >= 0.6 is 0 Å². The molecule has 8 heteroatoms. The van der Waals surface area contributed by atoms with Gasteiger partial charge in [-0.3, -0.25) is 4.79 Å². The minimum atomic E-state index is -3.62. The summed E-state index contributed by atoms with van der Waals surface area (Å²) in [7, 11) is -1.93. The maximum Gasteiger partial charge on any atom is 0.268 e. The molecule has 0 saturated carbocycles. The lowest BCUT2D eigenvalue weighted by molar-refractivity contribution is 0.0934. The Balaban J connectivity index is 1.61. The highest BCUT2D eigenvalue weighted by Crippen LogP contribution is 2.26. The fraction of sp³-hybridized carbons (Fsp3) is 0.346. The molecule has 7 nitrogen and oxygen atoms in total. The molecule has 1 fully saturated rings. The van der Waals surface area contributed by atoms with E-state index in [1.54, 1.807) is 11.6 Å². The fourth-order valence-electron chi connectivity index (χ4n) is 4.29. The number of piperidine rings is 1. The van der Waals surface area contributed by atoms with Crippen molar-refractivity contribution < 1.29 is 17.9 Å². The first-order valence-electron chi connectivity index (χ1n) is 11.6. The van der Waals surface area contributed by atoms with Gasteiger partial charge in [0.05, 0.1) is 12.6 Å². The second-order valence-corrected chi connectivity index (χ2v) is 10.4. The number of aryl methyl sites for hydroxylation is 1. The van der Waals surface area contributed by atoms with Gasteiger partial charge in [-0.05, 0) is 49.1 Å². The summed E-state index contributed by atoms with van der Waals surface area (Å²) < 4.78 is 34.8. The maximum atomic E-state index is 13.3. The van der Waals surface area contributed by atoms with Crippen molar-refractivity contribution in [3.8, 4) is 5.75 Å². The second kappa shape index (κ2) is 10.4. The lowest BCUT2D eigenvalue weighted by Gasteiger charge is -2.25. The van der Waals surface area contributed by atoms with Crippen LogP contribution in [0.1, 0.15) is 53.8 Å². The predicted molar refractivity (Wildman–Crippen MR) is 131 cm³/mol. The van der Waals surface area contributed by atoms with Crippen molar-refractivity contribution >= 4 is 15.9 Å². The first kappa shape index (κ1) is 24.0. The van der Waals surface area contributed by atoms with Crippen LogP contribution in [0.25, 0.3) is 0 Å². The molecular weight excluding hydrogens is 450 g/mol. The first-order chi connectivity index (χ1) is 16.4. The van der Waals surface area contributed by atoms with E-state index in [4.69, 9.17) is 4.74 Å². The normalized spacial score (nSPS) is 15.6. The summed E-state index contributed by atoms with van der Waals surface area (Å²) in [6.07, 6.45) is 4.29. The Hall–Kier alpha value is -3.10. The monoisotopic (exact) mass is 481 g/mol. The van der Waals surface area contributed by atoms with Crippen LogP contribution in [0.4, 0.5) is 0 Å². The third kappa shape index (κ3) is 5.18.